The minimum Gasteiger partial charge on any atom is -0.381 e. The van der Waals surface area contributed by atoms with Crippen LogP contribution in [-0.4, -0.2) is 0 Å². The second kappa shape index (κ2) is 5.80. The van der Waals surface area contributed by atoms with Crippen LogP contribution in [0.4, 0.5) is 18.9 Å². The molecule has 0 aliphatic rings. The SMILES string of the molecule is Cc1ccc(CNc2ccc(C)c(C(F)(F)F)c2)cc1C. The number of benzene rings is 2. The van der Waals surface area contributed by atoms with Crippen LogP contribution < -0.4 is 5.32 Å². The maximum atomic E-state index is 12.9. The van der Waals surface area contributed by atoms with Crippen molar-refractivity contribution in [2.24, 2.45) is 0 Å². The molecule has 1 nitrogen and oxygen atoms in total. The monoisotopic (exact) mass is 293 g/mol. The first-order valence-electron chi connectivity index (χ1n) is 6.75. The summed E-state index contributed by atoms with van der Waals surface area (Å²) in [6, 6.07) is 10.4. The zero-order valence-electron chi connectivity index (χ0n) is 12.3. The summed E-state index contributed by atoms with van der Waals surface area (Å²) in [7, 11) is 0. The number of rotatable bonds is 3. The van der Waals surface area contributed by atoms with E-state index >= 15 is 0 Å². The molecule has 2 aromatic carbocycles. The summed E-state index contributed by atoms with van der Waals surface area (Å²) in [6.45, 7) is 6.02. The Labute approximate surface area is 122 Å². The lowest BCUT2D eigenvalue weighted by Crippen LogP contribution is -2.09. The van der Waals surface area contributed by atoms with Crippen molar-refractivity contribution in [3.05, 3.63) is 64.2 Å². The van der Waals surface area contributed by atoms with Crippen molar-refractivity contribution in [2.45, 2.75) is 33.5 Å². The Morgan fingerprint density at radius 2 is 1.52 bits per heavy atom. The normalized spacial score (nSPS) is 11.5. The van der Waals surface area contributed by atoms with Crippen LogP contribution in [-0.2, 0) is 12.7 Å². The van der Waals surface area contributed by atoms with Gasteiger partial charge in [0.1, 0.15) is 0 Å². The third-order valence-electron chi connectivity index (χ3n) is 3.61. The molecule has 0 aromatic heterocycles. The van der Waals surface area contributed by atoms with Gasteiger partial charge in [-0.15, -0.1) is 0 Å². The molecule has 2 aromatic rings. The van der Waals surface area contributed by atoms with Crippen molar-refractivity contribution < 1.29 is 13.2 Å². The molecule has 1 N–H and O–H groups in total. The average molecular weight is 293 g/mol. The number of hydrogen-bond donors (Lipinski definition) is 1. The van der Waals surface area contributed by atoms with Gasteiger partial charge in [-0.3, -0.25) is 0 Å². The van der Waals surface area contributed by atoms with Gasteiger partial charge in [-0.25, -0.2) is 0 Å². The van der Waals surface area contributed by atoms with E-state index in [9.17, 15) is 13.2 Å². The van der Waals surface area contributed by atoms with E-state index in [1.165, 1.54) is 24.1 Å². The van der Waals surface area contributed by atoms with E-state index in [4.69, 9.17) is 0 Å². The van der Waals surface area contributed by atoms with E-state index < -0.39 is 11.7 Å². The predicted octanol–water partition coefficient (Wildman–Crippen LogP) is 5.24. The van der Waals surface area contributed by atoms with Crippen molar-refractivity contribution in [3.8, 4) is 0 Å². The maximum Gasteiger partial charge on any atom is 0.416 e. The van der Waals surface area contributed by atoms with Crippen LogP contribution in [0.15, 0.2) is 36.4 Å². The topological polar surface area (TPSA) is 12.0 Å². The first kappa shape index (κ1) is 15.4. The zero-order valence-corrected chi connectivity index (χ0v) is 12.3. The van der Waals surface area contributed by atoms with Crippen LogP contribution in [0.3, 0.4) is 0 Å². The summed E-state index contributed by atoms with van der Waals surface area (Å²) in [5.74, 6) is 0. The van der Waals surface area contributed by atoms with Gasteiger partial charge in [-0.05, 0) is 55.2 Å². The molecular weight excluding hydrogens is 275 g/mol. The van der Waals surface area contributed by atoms with Crippen molar-refractivity contribution in [1.82, 2.24) is 0 Å². The fourth-order valence-corrected chi connectivity index (χ4v) is 2.15. The minimum atomic E-state index is -4.32. The third kappa shape index (κ3) is 3.78. The molecule has 0 saturated heterocycles. The Kier molecular flexibility index (Phi) is 4.26. The van der Waals surface area contributed by atoms with E-state index in [2.05, 4.69) is 5.32 Å². The van der Waals surface area contributed by atoms with Gasteiger partial charge in [0.15, 0.2) is 0 Å². The van der Waals surface area contributed by atoms with Gasteiger partial charge in [-0.1, -0.05) is 24.3 Å². The molecule has 4 heteroatoms. The third-order valence-corrected chi connectivity index (χ3v) is 3.61. The predicted molar refractivity (Wildman–Crippen MR) is 79.4 cm³/mol. The summed E-state index contributed by atoms with van der Waals surface area (Å²) in [5, 5.41) is 3.05. The molecule has 0 unspecified atom stereocenters. The van der Waals surface area contributed by atoms with Gasteiger partial charge < -0.3 is 5.32 Å². The summed E-state index contributed by atoms with van der Waals surface area (Å²) in [6.07, 6.45) is -4.32. The summed E-state index contributed by atoms with van der Waals surface area (Å²) in [4.78, 5) is 0. The fraction of sp³-hybridized carbons (Fsp3) is 0.294. The largest absolute Gasteiger partial charge is 0.416 e. The fourth-order valence-electron chi connectivity index (χ4n) is 2.15. The first-order chi connectivity index (χ1) is 9.77. The number of aryl methyl sites for hydroxylation is 3. The highest BCUT2D eigenvalue weighted by molar-refractivity contribution is 5.50. The van der Waals surface area contributed by atoms with Crippen molar-refractivity contribution in [3.63, 3.8) is 0 Å². The molecular formula is C17H18F3N. The molecule has 0 spiro atoms. The second-order valence-corrected chi connectivity index (χ2v) is 5.30. The molecule has 0 bridgehead atoms. The summed E-state index contributed by atoms with van der Waals surface area (Å²) in [5.41, 5.74) is 3.55. The molecule has 0 aliphatic heterocycles. The van der Waals surface area contributed by atoms with Crippen LogP contribution in [0, 0.1) is 20.8 Å². The highest BCUT2D eigenvalue weighted by atomic mass is 19.4. The lowest BCUT2D eigenvalue weighted by molar-refractivity contribution is -0.138. The van der Waals surface area contributed by atoms with E-state index in [0.717, 1.165) is 11.6 Å². The molecule has 0 aliphatic carbocycles. The van der Waals surface area contributed by atoms with E-state index in [0.29, 0.717) is 12.2 Å². The van der Waals surface area contributed by atoms with Crippen molar-refractivity contribution in [2.75, 3.05) is 5.32 Å². The lowest BCUT2D eigenvalue weighted by atomic mass is 10.1. The minimum absolute atomic E-state index is 0.235. The number of anilines is 1. The van der Waals surface area contributed by atoms with Crippen molar-refractivity contribution in [1.29, 1.82) is 0 Å². The van der Waals surface area contributed by atoms with Gasteiger partial charge in [0.05, 0.1) is 5.56 Å². The Hall–Kier alpha value is -1.97. The number of alkyl halides is 3. The van der Waals surface area contributed by atoms with Crippen molar-refractivity contribution >= 4 is 5.69 Å². The highest BCUT2D eigenvalue weighted by Crippen LogP contribution is 2.33. The quantitative estimate of drug-likeness (QED) is 0.815. The summed E-state index contributed by atoms with van der Waals surface area (Å²) >= 11 is 0. The molecule has 2 rings (SSSR count). The molecule has 0 amide bonds. The highest BCUT2D eigenvalue weighted by Gasteiger charge is 2.32. The first-order valence-corrected chi connectivity index (χ1v) is 6.75. The average Bonchev–Trinajstić information content (AvgIpc) is 2.40. The number of halogens is 3. The van der Waals surface area contributed by atoms with Crippen LogP contribution in [0.5, 0.6) is 0 Å². The Balaban J connectivity index is 2.15. The lowest BCUT2D eigenvalue weighted by Gasteiger charge is -2.14. The standard InChI is InChI=1S/C17H18F3N/c1-11-4-6-14(8-13(11)3)10-21-15-7-5-12(2)16(9-15)17(18,19)20/h4-9,21H,10H2,1-3H3. The number of hydrogen-bond acceptors (Lipinski definition) is 1. The van der Waals surface area contributed by atoms with E-state index in [-0.39, 0.29) is 5.56 Å². The van der Waals surface area contributed by atoms with Gasteiger partial charge in [-0.2, -0.15) is 13.2 Å². The number of nitrogens with one attached hydrogen (secondary N) is 1. The molecule has 21 heavy (non-hydrogen) atoms. The van der Waals surface area contributed by atoms with Crippen LogP contribution in [0.2, 0.25) is 0 Å². The Morgan fingerprint density at radius 1 is 0.857 bits per heavy atom. The molecule has 0 fully saturated rings. The van der Waals surface area contributed by atoms with Gasteiger partial charge in [0.25, 0.3) is 0 Å². The zero-order chi connectivity index (χ0) is 15.6. The second-order valence-electron chi connectivity index (χ2n) is 5.30. The van der Waals surface area contributed by atoms with E-state index in [1.807, 2.05) is 32.0 Å². The van der Waals surface area contributed by atoms with Gasteiger partial charge in [0, 0.05) is 12.2 Å². The molecule has 0 saturated carbocycles. The molecule has 0 radical (unpaired) electrons. The van der Waals surface area contributed by atoms with Crippen LogP contribution >= 0.6 is 0 Å². The molecule has 0 heterocycles. The van der Waals surface area contributed by atoms with E-state index in [1.54, 1.807) is 6.07 Å². The summed E-state index contributed by atoms with van der Waals surface area (Å²) < 4.78 is 38.6. The molecule has 0 atom stereocenters. The molecule has 112 valence electrons. The maximum absolute atomic E-state index is 12.9. The smallest absolute Gasteiger partial charge is 0.381 e. The van der Waals surface area contributed by atoms with Gasteiger partial charge in [0.2, 0.25) is 0 Å². The van der Waals surface area contributed by atoms with Crippen LogP contribution in [0.25, 0.3) is 0 Å². The van der Waals surface area contributed by atoms with Crippen LogP contribution in [0.1, 0.15) is 27.8 Å². The Bertz CT molecular complexity index is 645. The Morgan fingerprint density at radius 3 is 2.14 bits per heavy atom. The van der Waals surface area contributed by atoms with Gasteiger partial charge >= 0.3 is 6.18 Å².